The zero-order valence-corrected chi connectivity index (χ0v) is 20.1. The molecular weight excluding hydrogens is 444 g/mol. The molecule has 7 heteroatoms. The predicted octanol–water partition coefficient (Wildman–Crippen LogP) is 4.41. The molecule has 3 aliphatic rings. The van der Waals surface area contributed by atoms with E-state index in [1.807, 2.05) is 31.2 Å². The molecule has 1 aliphatic heterocycles. The number of carboxylic acids is 1. The van der Waals surface area contributed by atoms with Gasteiger partial charge in [-0.2, -0.15) is 0 Å². The van der Waals surface area contributed by atoms with Crippen LogP contribution in [0.2, 0.25) is 0 Å². The number of carbonyl (C=O) groups excluding carboxylic acids is 2. The topological polar surface area (TPSA) is 95.9 Å². The van der Waals surface area contributed by atoms with E-state index in [1.54, 1.807) is 4.90 Å². The molecule has 0 unspecified atom stereocenters. The van der Waals surface area contributed by atoms with E-state index in [9.17, 15) is 19.5 Å². The van der Waals surface area contributed by atoms with Crippen molar-refractivity contribution in [2.45, 2.75) is 44.9 Å². The van der Waals surface area contributed by atoms with Crippen molar-refractivity contribution in [2.75, 3.05) is 26.2 Å². The van der Waals surface area contributed by atoms with Gasteiger partial charge in [0.1, 0.15) is 12.0 Å². The first-order valence-corrected chi connectivity index (χ1v) is 12.5. The molecule has 0 spiro atoms. The number of nitrogens with one attached hydrogen (secondary N) is 1. The van der Waals surface area contributed by atoms with Crippen molar-refractivity contribution in [3.8, 4) is 11.1 Å². The third-order valence-electron chi connectivity index (χ3n) is 8.36. The number of hydrogen-bond acceptors (Lipinski definition) is 4. The first-order valence-electron chi connectivity index (χ1n) is 12.5. The minimum Gasteiger partial charge on any atom is -0.481 e. The van der Waals surface area contributed by atoms with Crippen molar-refractivity contribution in [3.63, 3.8) is 0 Å². The first-order chi connectivity index (χ1) is 16.9. The van der Waals surface area contributed by atoms with Crippen LogP contribution in [0.1, 0.15) is 56.1 Å². The molecule has 2 fully saturated rings. The van der Waals surface area contributed by atoms with Crippen LogP contribution in [0.5, 0.6) is 0 Å². The Morgan fingerprint density at radius 3 is 2.14 bits per heavy atom. The van der Waals surface area contributed by atoms with Crippen LogP contribution in [0.3, 0.4) is 0 Å². The lowest BCUT2D eigenvalue weighted by atomic mass is 9.66. The number of aliphatic carboxylic acids is 1. The third-order valence-corrected chi connectivity index (χ3v) is 8.36. The summed E-state index contributed by atoms with van der Waals surface area (Å²) in [5, 5.41) is 12.4. The molecular formula is C28H32N2O5. The number of amides is 2. The number of likely N-dealkylation sites (tertiary alicyclic amines) is 1. The van der Waals surface area contributed by atoms with Crippen LogP contribution in [0.25, 0.3) is 11.1 Å². The smallest absolute Gasteiger partial charge is 0.407 e. The number of rotatable bonds is 8. The van der Waals surface area contributed by atoms with Gasteiger partial charge in [0.2, 0.25) is 5.91 Å². The molecule has 1 saturated heterocycles. The third kappa shape index (κ3) is 4.17. The molecule has 7 nitrogen and oxygen atoms in total. The van der Waals surface area contributed by atoms with Crippen LogP contribution in [-0.4, -0.2) is 54.2 Å². The van der Waals surface area contributed by atoms with Gasteiger partial charge in [-0.1, -0.05) is 61.9 Å². The quantitative estimate of drug-likeness (QED) is 0.588. The van der Waals surface area contributed by atoms with Crippen LogP contribution in [0.4, 0.5) is 4.79 Å². The van der Waals surface area contributed by atoms with E-state index in [-0.39, 0.29) is 36.9 Å². The van der Waals surface area contributed by atoms with Gasteiger partial charge >= 0.3 is 12.1 Å². The molecule has 35 heavy (non-hydrogen) atoms. The summed E-state index contributed by atoms with van der Waals surface area (Å²) in [5.74, 6) is -0.851. The second kappa shape index (κ2) is 9.02. The van der Waals surface area contributed by atoms with E-state index >= 15 is 0 Å². The van der Waals surface area contributed by atoms with Gasteiger partial charge in [-0.15, -0.1) is 0 Å². The normalized spacial score (nSPS) is 19.1. The van der Waals surface area contributed by atoms with Gasteiger partial charge in [-0.3, -0.25) is 9.59 Å². The van der Waals surface area contributed by atoms with E-state index in [0.29, 0.717) is 19.4 Å². The summed E-state index contributed by atoms with van der Waals surface area (Å²) in [6.07, 6.45) is 3.14. The van der Waals surface area contributed by atoms with Crippen molar-refractivity contribution in [2.24, 2.45) is 10.8 Å². The number of fused-ring (bicyclic) bond motifs is 3. The summed E-state index contributed by atoms with van der Waals surface area (Å²) in [7, 11) is 0. The zero-order chi connectivity index (χ0) is 24.6. The highest BCUT2D eigenvalue weighted by atomic mass is 16.5. The summed E-state index contributed by atoms with van der Waals surface area (Å²) in [4.78, 5) is 38.6. The molecule has 1 saturated carbocycles. The van der Waals surface area contributed by atoms with Gasteiger partial charge in [0.25, 0.3) is 0 Å². The Kier molecular flexibility index (Phi) is 6.03. The Labute approximate surface area is 205 Å². The van der Waals surface area contributed by atoms with Gasteiger partial charge in [-0.25, -0.2) is 4.79 Å². The van der Waals surface area contributed by atoms with Crippen LogP contribution in [-0.2, 0) is 14.3 Å². The molecule has 0 aromatic heterocycles. The maximum absolute atomic E-state index is 12.8. The van der Waals surface area contributed by atoms with E-state index in [4.69, 9.17) is 4.74 Å². The molecule has 0 bridgehead atoms. The number of hydrogen-bond donors (Lipinski definition) is 2. The fraction of sp³-hybridized carbons (Fsp3) is 0.464. The van der Waals surface area contributed by atoms with Gasteiger partial charge in [-0.05, 0) is 46.9 Å². The van der Waals surface area contributed by atoms with Crippen LogP contribution in [0, 0.1) is 10.8 Å². The van der Waals surface area contributed by atoms with Crippen molar-refractivity contribution in [1.29, 1.82) is 0 Å². The molecule has 2 N–H and O–H groups in total. The number of carbonyl (C=O) groups is 3. The number of benzene rings is 2. The van der Waals surface area contributed by atoms with Crippen molar-refractivity contribution in [3.05, 3.63) is 59.7 Å². The Morgan fingerprint density at radius 1 is 1.03 bits per heavy atom. The van der Waals surface area contributed by atoms with Gasteiger partial charge in [0.15, 0.2) is 0 Å². The molecule has 1 heterocycles. The average molecular weight is 477 g/mol. The minimum absolute atomic E-state index is 0.00637. The lowest BCUT2D eigenvalue weighted by molar-refractivity contribution is -0.167. The van der Waals surface area contributed by atoms with E-state index in [0.717, 1.165) is 19.3 Å². The van der Waals surface area contributed by atoms with Crippen LogP contribution in [0.15, 0.2) is 48.5 Å². The van der Waals surface area contributed by atoms with Crippen molar-refractivity contribution < 1.29 is 24.2 Å². The summed E-state index contributed by atoms with van der Waals surface area (Å²) >= 11 is 0. The fourth-order valence-corrected chi connectivity index (χ4v) is 5.81. The maximum atomic E-state index is 12.8. The standard InChI is InChI=1S/C28H32N2O5/c1-2-28(25(32)33)17-30(18-28)24(31)14-27(12-7-13-27)16-29-26(34)35-15-23-21-10-5-3-8-19(21)20-9-4-6-11-22(20)23/h3-6,8-11,23H,2,7,12-18H2,1H3,(H,29,34)(H,32,33). The highest BCUT2D eigenvalue weighted by Crippen LogP contribution is 2.46. The molecule has 2 aliphatic carbocycles. The Bertz CT molecular complexity index is 1100. The number of alkyl carbamates (subject to hydrolysis) is 1. The van der Waals surface area contributed by atoms with Gasteiger partial charge < -0.3 is 20.1 Å². The molecule has 2 aromatic carbocycles. The maximum Gasteiger partial charge on any atom is 0.407 e. The second-order valence-electron chi connectivity index (χ2n) is 10.4. The molecule has 2 aromatic rings. The Hall–Kier alpha value is -3.35. The SMILES string of the molecule is CCC1(C(=O)O)CN(C(=O)CC2(CNC(=O)OCC3c4ccccc4-c4ccccc43)CCC2)C1. The van der Waals surface area contributed by atoms with Gasteiger partial charge in [0.05, 0.1) is 0 Å². The van der Waals surface area contributed by atoms with E-state index in [2.05, 4.69) is 29.6 Å². The highest BCUT2D eigenvalue weighted by molar-refractivity contribution is 5.84. The lowest BCUT2D eigenvalue weighted by Gasteiger charge is -2.49. The Morgan fingerprint density at radius 2 is 1.63 bits per heavy atom. The average Bonchev–Trinajstić information content (AvgIpc) is 3.12. The number of nitrogens with zero attached hydrogens (tertiary/aromatic N) is 1. The summed E-state index contributed by atoms with van der Waals surface area (Å²) < 4.78 is 5.65. The predicted molar refractivity (Wildman–Crippen MR) is 131 cm³/mol. The van der Waals surface area contributed by atoms with Crippen LogP contribution >= 0.6 is 0 Å². The van der Waals surface area contributed by atoms with Crippen LogP contribution < -0.4 is 5.32 Å². The Balaban J connectivity index is 1.14. The monoisotopic (exact) mass is 476 g/mol. The molecule has 2 amide bonds. The van der Waals surface area contributed by atoms with E-state index in [1.165, 1.54) is 22.3 Å². The second-order valence-corrected chi connectivity index (χ2v) is 10.4. The lowest BCUT2D eigenvalue weighted by Crippen LogP contribution is -2.62. The number of ether oxygens (including phenoxy) is 1. The summed E-state index contributed by atoms with van der Waals surface area (Å²) in [6.45, 7) is 3.04. The van der Waals surface area contributed by atoms with E-state index < -0.39 is 17.5 Å². The summed E-state index contributed by atoms with van der Waals surface area (Å²) in [6, 6.07) is 16.4. The fourth-order valence-electron chi connectivity index (χ4n) is 5.81. The molecule has 5 rings (SSSR count). The van der Waals surface area contributed by atoms with Gasteiger partial charge in [0, 0.05) is 32.0 Å². The first kappa shape index (κ1) is 23.4. The highest BCUT2D eigenvalue weighted by Gasteiger charge is 2.51. The largest absolute Gasteiger partial charge is 0.481 e. The molecule has 0 radical (unpaired) electrons. The zero-order valence-electron chi connectivity index (χ0n) is 20.1. The minimum atomic E-state index is -0.834. The summed E-state index contributed by atoms with van der Waals surface area (Å²) in [5.41, 5.74) is 3.64. The van der Waals surface area contributed by atoms with Crippen molar-refractivity contribution >= 4 is 18.0 Å². The number of carboxylic acid groups (broad SMARTS) is 1. The van der Waals surface area contributed by atoms with Crippen molar-refractivity contribution in [1.82, 2.24) is 10.2 Å². The molecule has 184 valence electrons. The molecule has 0 atom stereocenters.